The van der Waals surface area contributed by atoms with E-state index in [-0.39, 0.29) is 11.7 Å². The minimum absolute atomic E-state index is 0.169. The summed E-state index contributed by atoms with van der Waals surface area (Å²) in [6.07, 6.45) is 4.12. The molecule has 4 heteroatoms. The maximum Gasteiger partial charge on any atom is 0.222 e. The Kier molecular flexibility index (Phi) is 6.56. The van der Waals surface area contributed by atoms with Gasteiger partial charge in [0.1, 0.15) is 5.82 Å². The van der Waals surface area contributed by atoms with Crippen LogP contribution in [0.3, 0.4) is 0 Å². The molecule has 2 aromatic rings. The Hall–Kier alpha value is -2.46. The molecule has 3 rings (SSSR count). The van der Waals surface area contributed by atoms with Crippen LogP contribution in [0.1, 0.15) is 30.4 Å². The summed E-state index contributed by atoms with van der Waals surface area (Å²) < 4.78 is 18.6. The van der Waals surface area contributed by atoms with E-state index in [1.54, 1.807) is 12.1 Å². The highest BCUT2D eigenvalue weighted by Crippen LogP contribution is 2.23. The molecule has 1 amide bonds. The summed E-state index contributed by atoms with van der Waals surface area (Å²) in [5, 5.41) is 0. The van der Waals surface area contributed by atoms with Crippen molar-refractivity contribution in [1.29, 1.82) is 0 Å². The second-order valence-corrected chi connectivity index (χ2v) is 6.47. The fourth-order valence-corrected chi connectivity index (χ4v) is 3.07. The van der Waals surface area contributed by atoms with Gasteiger partial charge >= 0.3 is 0 Å². The van der Waals surface area contributed by atoms with Crippen molar-refractivity contribution in [3.63, 3.8) is 0 Å². The van der Waals surface area contributed by atoms with E-state index in [0.29, 0.717) is 32.7 Å². The van der Waals surface area contributed by atoms with Gasteiger partial charge in [-0.15, -0.1) is 0 Å². The third-order valence-electron chi connectivity index (χ3n) is 4.57. The largest absolute Gasteiger partial charge is 0.377 e. The molecular weight excluding hydrogens is 329 g/mol. The predicted molar refractivity (Wildman–Crippen MR) is 101 cm³/mol. The molecule has 3 nitrogen and oxygen atoms in total. The van der Waals surface area contributed by atoms with Crippen molar-refractivity contribution in [1.82, 2.24) is 4.90 Å². The average molecular weight is 353 g/mol. The highest BCUT2D eigenvalue weighted by molar-refractivity contribution is 5.78. The number of amides is 1. The second kappa shape index (κ2) is 9.30. The Labute approximate surface area is 154 Å². The van der Waals surface area contributed by atoms with Gasteiger partial charge in [0.15, 0.2) is 0 Å². The Morgan fingerprint density at radius 3 is 2.54 bits per heavy atom. The number of hydrogen-bond acceptors (Lipinski definition) is 2. The van der Waals surface area contributed by atoms with E-state index in [0.717, 1.165) is 24.0 Å². The fraction of sp³-hybridized carbons (Fsp3) is 0.318. The van der Waals surface area contributed by atoms with Crippen LogP contribution < -0.4 is 0 Å². The molecular formula is C22H24FNO2. The van der Waals surface area contributed by atoms with E-state index in [9.17, 15) is 9.18 Å². The molecule has 0 saturated heterocycles. The number of carbonyl (C=O) groups is 1. The molecule has 0 N–H and O–H groups in total. The topological polar surface area (TPSA) is 29.5 Å². The first-order chi connectivity index (χ1) is 12.7. The first kappa shape index (κ1) is 18.3. The van der Waals surface area contributed by atoms with Gasteiger partial charge in [-0.1, -0.05) is 48.5 Å². The zero-order valence-electron chi connectivity index (χ0n) is 14.9. The number of hydrogen-bond donors (Lipinski definition) is 0. The first-order valence-electron chi connectivity index (χ1n) is 9.07. The lowest BCUT2D eigenvalue weighted by atomic mass is 9.99. The fourth-order valence-electron chi connectivity index (χ4n) is 3.07. The summed E-state index contributed by atoms with van der Waals surface area (Å²) >= 11 is 0. The van der Waals surface area contributed by atoms with Gasteiger partial charge in [-0.2, -0.15) is 0 Å². The van der Waals surface area contributed by atoms with Crippen molar-refractivity contribution >= 4 is 11.5 Å². The van der Waals surface area contributed by atoms with Crippen LogP contribution in [0.4, 0.5) is 4.39 Å². The normalized spacial score (nSPS) is 14.2. The van der Waals surface area contributed by atoms with Crippen LogP contribution in [0.15, 0.2) is 60.7 Å². The SMILES string of the molecule is O=C(CCCOCc1ccccc1)N1CC=C(c2ccc(F)cc2)CC1. The van der Waals surface area contributed by atoms with Crippen LogP contribution in [0.2, 0.25) is 0 Å². The number of ether oxygens (including phenoxy) is 1. The Bertz CT molecular complexity index is 740. The van der Waals surface area contributed by atoms with Crippen molar-refractivity contribution in [2.75, 3.05) is 19.7 Å². The van der Waals surface area contributed by atoms with Crippen LogP contribution in [-0.4, -0.2) is 30.5 Å². The molecule has 2 aromatic carbocycles. The maximum atomic E-state index is 13.0. The van der Waals surface area contributed by atoms with Gasteiger partial charge in [-0.3, -0.25) is 4.79 Å². The third-order valence-corrected chi connectivity index (χ3v) is 4.57. The smallest absolute Gasteiger partial charge is 0.222 e. The number of carbonyl (C=O) groups excluding carboxylic acids is 1. The van der Waals surface area contributed by atoms with Crippen LogP contribution in [0, 0.1) is 5.82 Å². The summed E-state index contributed by atoms with van der Waals surface area (Å²) in [7, 11) is 0. The summed E-state index contributed by atoms with van der Waals surface area (Å²) in [5.74, 6) is -0.0563. The Balaban J connectivity index is 1.37. The molecule has 0 aromatic heterocycles. The van der Waals surface area contributed by atoms with Crippen LogP contribution in [0.5, 0.6) is 0 Å². The van der Waals surface area contributed by atoms with Crippen molar-refractivity contribution in [2.45, 2.75) is 25.9 Å². The van der Waals surface area contributed by atoms with Gasteiger partial charge in [0.25, 0.3) is 0 Å². The molecule has 0 unspecified atom stereocenters. The Morgan fingerprint density at radius 1 is 1.08 bits per heavy atom. The van der Waals surface area contributed by atoms with Crippen LogP contribution in [-0.2, 0) is 16.1 Å². The lowest BCUT2D eigenvalue weighted by Gasteiger charge is -2.26. The Morgan fingerprint density at radius 2 is 1.85 bits per heavy atom. The average Bonchev–Trinajstić information content (AvgIpc) is 2.69. The molecule has 0 radical (unpaired) electrons. The van der Waals surface area contributed by atoms with Crippen molar-refractivity contribution in [2.24, 2.45) is 0 Å². The lowest BCUT2D eigenvalue weighted by molar-refractivity contribution is -0.131. The highest BCUT2D eigenvalue weighted by atomic mass is 19.1. The standard InChI is InChI=1S/C22H24FNO2/c23-21-10-8-19(9-11-21)20-12-14-24(15-13-20)22(25)7-4-16-26-17-18-5-2-1-3-6-18/h1-3,5-6,8-12H,4,7,13-17H2. The van der Waals surface area contributed by atoms with Gasteiger partial charge in [-0.25, -0.2) is 4.39 Å². The van der Waals surface area contributed by atoms with E-state index < -0.39 is 0 Å². The van der Waals surface area contributed by atoms with Crippen molar-refractivity contribution in [3.8, 4) is 0 Å². The molecule has 136 valence electrons. The summed E-state index contributed by atoms with van der Waals surface area (Å²) in [6.45, 7) is 2.51. The first-order valence-corrected chi connectivity index (χ1v) is 9.07. The highest BCUT2D eigenvalue weighted by Gasteiger charge is 2.17. The van der Waals surface area contributed by atoms with Crippen molar-refractivity contribution in [3.05, 3.63) is 77.6 Å². The van der Waals surface area contributed by atoms with E-state index in [4.69, 9.17) is 4.74 Å². The number of benzene rings is 2. The molecule has 1 aliphatic heterocycles. The molecule has 1 aliphatic rings. The molecule has 0 saturated carbocycles. The van der Waals surface area contributed by atoms with Gasteiger partial charge in [0.2, 0.25) is 5.91 Å². The van der Waals surface area contributed by atoms with E-state index in [1.165, 1.54) is 17.7 Å². The quantitative estimate of drug-likeness (QED) is 0.689. The molecule has 0 spiro atoms. The number of rotatable bonds is 7. The minimum Gasteiger partial charge on any atom is -0.377 e. The van der Waals surface area contributed by atoms with Gasteiger partial charge < -0.3 is 9.64 Å². The zero-order valence-corrected chi connectivity index (χ0v) is 14.9. The van der Waals surface area contributed by atoms with E-state index in [2.05, 4.69) is 6.08 Å². The third kappa shape index (κ3) is 5.27. The summed E-state index contributed by atoms with van der Waals surface area (Å²) in [5.41, 5.74) is 3.36. The summed E-state index contributed by atoms with van der Waals surface area (Å²) in [6, 6.07) is 16.6. The molecule has 0 atom stereocenters. The van der Waals surface area contributed by atoms with E-state index in [1.807, 2.05) is 35.2 Å². The number of halogens is 1. The van der Waals surface area contributed by atoms with E-state index >= 15 is 0 Å². The molecule has 1 heterocycles. The minimum atomic E-state index is -0.226. The number of nitrogens with zero attached hydrogens (tertiary/aromatic N) is 1. The van der Waals surface area contributed by atoms with Gasteiger partial charge in [0, 0.05) is 26.1 Å². The van der Waals surface area contributed by atoms with Gasteiger partial charge in [-0.05, 0) is 41.7 Å². The molecule has 0 fully saturated rings. The predicted octanol–water partition coefficient (Wildman–Crippen LogP) is 4.44. The molecule has 26 heavy (non-hydrogen) atoms. The molecule has 0 aliphatic carbocycles. The van der Waals surface area contributed by atoms with Gasteiger partial charge in [0.05, 0.1) is 6.61 Å². The van der Waals surface area contributed by atoms with Crippen LogP contribution >= 0.6 is 0 Å². The molecule has 0 bridgehead atoms. The van der Waals surface area contributed by atoms with Crippen LogP contribution in [0.25, 0.3) is 5.57 Å². The monoisotopic (exact) mass is 353 g/mol. The maximum absolute atomic E-state index is 13.0. The lowest BCUT2D eigenvalue weighted by Crippen LogP contribution is -2.34. The second-order valence-electron chi connectivity index (χ2n) is 6.47. The van der Waals surface area contributed by atoms with Crippen molar-refractivity contribution < 1.29 is 13.9 Å². The summed E-state index contributed by atoms with van der Waals surface area (Å²) in [4.78, 5) is 14.2. The zero-order chi connectivity index (χ0) is 18.2.